The minimum absolute atomic E-state index is 0.105. The van der Waals surface area contributed by atoms with Crippen LogP contribution in [0.5, 0.6) is 0 Å². The van der Waals surface area contributed by atoms with Crippen LogP contribution in [0.2, 0.25) is 0 Å². The molecule has 0 aromatic heterocycles. The van der Waals surface area contributed by atoms with E-state index < -0.39 is 0 Å². The van der Waals surface area contributed by atoms with Gasteiger partial charge in [-0.05, 0) is 36.6 Å². The molecular weight excluding hydrogens is 316 g/mol. The lowest BCUT2D eigenvalue weighted by atomic mass is 9.99. The average Bonchev–Trinajstić information content (AvgIpc) is 2.65. The van der Waals surface area contributed by atoms with Gasteiger partial charge in [0.15, 0.2) is 0 Å². The van der Waals surface area contributed by atoms with Gasteiger partial charge in [-0.3, -0.25) is 9.69 Å². The Morgan fingerprint density at radius 2 is 1.83 bits per heavy atom. The van der Waals surface area contributed by atoms with Crippen molar-refractivity contribution in [1.29, 1.82) is 0 Å². The Bertz CT molecular complexity index is 674. The number of hydrogen-bond acceptors (Lipinski definition) is 3. The van der Waals surface area contributed by atoms with Crippen LogP contribution in [0.15, 0.2) is 59.5 Å². The molecule has 0 fully saturated rings. The van der Waals surface area contributed by atoms with Crippen LogP contribution < -0.4 is 5.32 Å². The standard InChI is InChI=1S/C20H24N2OS/c1-16(22-12-11-17-7-5-6-8-18(17)14-22)13-21-20(23)15-24-19-9-3-2-4-10-19/h2-10,16H,11-15H2,1H3,(H,21,23). The molecule has 2 aromatic rings. The fourth-order valence-electron chi connectivity index (χ4n) is 3.00. The quantitative estimate of drug-likeness (QED) is 0.819. The lowest BCUT2D eigenvalue weighted by Gasteiger charge is -2.33. The Balaban J connectivity index is 1.42. The summed E-state index contributed by atoms with van der Waals surface area (Å²) in [7, 11) is 0. The third kappa shape index (κ3) is 4.62. The van der Waals surface area contributed by atoms with E-state index in [1.807, 2.05) is 30.3 Å². The number of nitrogens with zero attached hydrogens (tertiary/aromatic N) is 1. The molecule has 0 bridgehead atoms. The highest BCUT2D eigenvalue weighted by molar-refractivity contribution is 8.00. The molecule has 1 N–H and O–H groups in total. The number of hydrogen-bond donors (Lipinski definition) is 1. The van der Waals surface area contributed by atoms with Crippen molar-refractivity contribution < 1.29 is 4.79 Å². The van der Waals surface area contributed by atoms with E-state index in [0.717, 1.165) is 24.4 Å². The van der Waals surface area contributed by atoms with Gasteiger partial charge in [0.1, 0.15) is 0 Å². The van der Waals surface area contributed by atoms with Crippen LogP contribution in [0, 0.1) is 0 Å². The number of rotatable bonds is 6. The van der Waals surface area contributed by atoms with Crippen LogP contribution in [0.1, 0.15) is 18.1 Å². The molecule has 24 heavy (non-hydrogen) atoms. The topological polar surface area (TPSA) is 32.3 Å². The first-order chi connectivity index (χ1) is 11.7. The molecule has 2 aromatic carbocycles. The molecule has 0 saturated carbocycles. The van der Waals surface area contributed by atoms with Gasteiger partial charge >= 0.3 is 0 Å². The smallest absolute Gasteiger partial charge is 0.230 e. The average molecular weight is 340 g/mol. The molecule has 0 aliphatic carbocycles. The molecule has 1 unspecified atom stereocenters. The number of benzene rings is 2. The molecule has 1 amide bonds. The minimum Gasteiger partial charge on any atom is -0.354 e. The predicted octanol–water partition coefficient (Wildman–Crippen LogP) is 3.34. The van der Waals surface area contributed by atoms with Gasteiger partial charge in [0.05, 0.1) is 5.75 Å². The summed E-state index contributed by atoms with van der Waals surface area (Å²) in [5.41, 5.74) is 2.88. The molecule has 1 aliphatic heterocycles. The molecule has 4 heteroatoms. The summed E-state index contributed by atoms with van der Waals surface area (Å²) in [6, 6.07) is 19.1. The fraction of sp³-hybridized carbons (Fsp3) is 0.350. The minimum atomic E-state index is 0.105. The molecule has 0 saturated heterocycles. The maximum absolute atomic E-state index is 12.1. The van der Waals surface area contributed by atoms with E-state index in [9.17, 15) is 4.79 Å². The van der Waals surface area contributed by atoms with Crippen LogP contribution in [-0.4, -0.2) is 35.7 Å². The van der Waals surface area contributed by atoms with Crippen LogP contribution in [0.3, 0.4) is 0 Å². The van der Waals surface area contributed by atoms with E-state index in [4.69, 9.17) is 0 Å². The van der Waals surface area contributed by atoms with Crippen LogP contribution in [0.4, 0.5) is 0 Å². The van der Waals surface area contributed by atoms with Gasteiger partial charge in [-0.25, -0.2) is 0 Å². The zero-order valence-corrected chi connectivity index (χ0v) is 14.9. The van der Waals surface area contributed by atoms with Gasteiger partial charge in [0.2, 0.25) is 5.91 Å². The summed E-state index contributed by atoms with van der Waals surface area (Å²) in [5.74, 6) is 0.577. The van der Waals surface area contributed by atoms with Gasteiger partial charge in [-0.2, -0.15) is 0 Å². The number of thioether (sulfide) groups is 1. The van der Waals surface area contributed by atoms with E-state index >= 15 is 0 Å². The molecule has 0 radical (unpaired) electrons. The van der Waals surface area contributed by atoms with Crippen molar-refractivity contribution in [2.75, 3.05) is 18.8 Å². The molecule has 3 nitrogen and oxygen atoms in total. The monoisotopic (exact) mass is 340 g/mol. The predicted molar refractivity (Wildman–Crippen MR) is 100 cm³/mol. The van der Waals surface area contributed by atoms with Gasteiger partial charge in [0.25, 0.3) is 0 Å². The first-order valence-corrected chi connectivity index (χ1v) is 9.46. The van der Waals surface area contributed by atoms with Crippen molar-refractivity contribution in [2.24, 2.45) is 0 Å². The Hall–Kier alpha value is -1.78. The van der Waals surface area contributed by atoms with Crippen LogP contribution in [0.25, 0.3) is 0 Å². The molecule has 3 rings (SSSR count). The second-order valence-corrected chi connectivity index (χ2v) is 7.29. The van der Waals surface area contributed by atoms with Gasteiger partial charge in [-0.1, -0.05) is 42.5 Å². The Morgan fingerprint density at radius 3 is 2.62 bits per heavy atom. The molecule has 1 atom stereocenters. The van der Waals surface area contributed by atoms with Crippen molar-refractivity contribution >= 4 is 17.7 Å². The lowest BCUT2D eigenvalue weighted by molar-refractivity contribution is -0.118. The third-order valence-corrected chi connectivity index (χ3v) is 5.50. The SMILES string of the molecule is CC(CNC(=O)CSc1ccccc1)N1CCc2ccccc2C1. The highest BCUT2D eigenvalue weighted by atomic mass is 32.2. The molecule has 0 spiro atoms. The number of carbonyl (C=O) groups is 1. The maximum Gasteiger partial charge on any atom is 0.230 e. The van der Waals surface area contributed by atoms with Crippen molar-refractivity contribution in [3.63, 3.8) is 0 Å². The van der Waals surface area contributed by atoms with E-state index in [-0.39, 0.29) is 5.91 Å². The zero-order chi connectivity index (χ0) is 16.8. The molecule has 1 heterocycles. The number of nitrogens with one attached hydrogen (secondary N) is 1. The Morgan fingerprint density at radius 1 is 1.12 bits per heavy atom. The fourth-order valence-corrected chi connectivity index (χ4v) is 3.75. The second kappa shape index (κ2) is 8.36. The first-order valence-electron chi connectivity index (χ1n) is 8.48. The first kappa shape index (κ1) is 17.1. The van der Waals surface area contributed by atoms with Gasteiger partial charge in [-0.15, -0.1) is 11.8 Å². The van der Waals surface area contributed by atoms with Crippen LogP contribution in [-0.2, 0) is 17.8 Å². The van der Waals surface area contributed by atoms with Gasteiger partial charge in [0, 0.05) is 30.6 Å². The largest absolute Gasteiger partial charge is 0.354 e. The summed E-state index contributed by atoms with van der Waals surface area (Å²) >= 11 is 1.58. The van der Waals surface area contributed by atoms with Crippen LogP contribution >= 0.6 is 11.8 Å². The molecular formula is C20H24N2OS. The van der Waals surface area contributed by atoms with E-state index in [1.165, 1.54) is 11.1 Å². The number of carbonyl (C=O) groups excluding carboxylic acids is 1. The summed E-state index contributed by atoms with van der Waals surface area (Å²) in [6.07, 6.45) is 1.10. The molecule has 1 aliphatic rings. The van der Waals surface area contributed by atoms with E-state index in [2.05, 4.69) is 41.4 Å². The van der Waals surface area contributed by atoms with Crippen molar-refractivity contribution in [3.8, 4) is 0 Å². The third-order valence-electron chi connectivity index (χ3n) is 4.49. The van der Waals surface area contributed by atoms with Gasteiger partial charge < -0.3 is 5.32 Å². The Labute approximate surface area is 148 Å². The van der Waals surface area contributed by atoms with Crippen molar-refractivity contribution in [2.45, 2.75) is 30.8 Å². The van der Waals surface area contributed by atoms with E-state index in [1.54, 1.807) is 11.8 Å². The molecule has 126 valence electrons. The summed E-state index contributed by atoms with van der Waals surface area (Å²) < 4.78 is 0. The normalized spacial score (nSPS) is 15.5. The zero-order valence-electron chi connectivity index (χ0n) is 14.1. The lowest BCUT2D eigenvalue weighted by Crippen LogP contribution is -2.44. The summed E-state index contributed by atoms with van der Waals surface area (Å²) in [4.78, 5) is 15.6. The van der Waals surface area contributed by atoms with Crippen molar-refractivity contribution in [3.05, 3.63) is 65.7 Å². The Kier molecular flexibility index (Phi) is 5.94. The van der Waals surface area contributed by atoms with E-state index in [0.29, 0.717) is 18.3 Å². The summed E-state index contributed by atoms with van der Waals surface area (Å²) in [5, 5.41) is 3.07. The number of fused-ring (bicyclic) bond motifs is 1. The van der Waals surface area contributed by atoms with Crippen molar-refractivity contribution in [1.82, 2.24) is 10.2 Å². The maximum atomic E-state index is 12.1. The number of amides is 1. The summed E-state index contributed by atoms with van der Waals surface area (Å²) in [6.45, 7) is 4.94. The second-order valence-electron chi connectivity index (χ2n) is 6.24. The highest BCUT2D eigenvalue weighted by Gasteiger charge is 2.20. The highest BCUT2D eigenvalue weighted by Crippen LogP contribution is 2.20.